The molecular weight excluding hydrogens is 357 g/mol. The third-order valence-corrected chi connectivity index (χ3v) is 7.54. The standard InChI is InChI=1S/C16H13F3N2O3S/c1-15-5-4-13(24-15)11-8-21(25(22,23)14(11)15)10-3-2-9(7-20)12(6-10)16(17,18)19/h2-6,11,13-14H,8H2,1H3/t11-,13-,14-,15-/m0/s1. The summed E-state index contributed by atoms with van der Waals surface area (Å²) in [7, 11) is -3.88. The van der Waals surface area contributed by atoms with E-state index in [1.54, 1.807) is 19.1 Å². The Labute approximate surface area is 142 Å². The number of fused-ring (bicyclic) bond motifs is 5. The van der Waals surface area contributed by atoms with Gasteiger partial charge in [-0.3, -0.25) is 4.31 Å². The van der Waals surface area contributed by atoms with Gasteiger partial charge in [-0.1, -0.05) is 12.2 Å². The normalized spacial score (nSPS) is 35.0. The molecule has 5 nitrogen and oxygen atoms in total. The highest BCUT2D eigenvalue weighted by molar-refractivity contribution is 7.93. The van der Waals surface area contributed by atoms with Gasteiger partial charge in [0.2, 0.25) is 10.0 Å². The first-order valence-corrected chi connectivity index (χ1v) is 9.08. The predicted octanol–water partition coefficient (Wildman–Crippen LogP) is 2.44. The highest BCUT2D eigenvalue weighted by Gasteiger charge is 2.65. The number of benzene rings is 1. The Morgan fingerprint density at radius 1 is 1.40 bits per heavy atom. The van der Waals surface area contributed by atoms with Crippen LogP contribution in [0.2, 0.25) is 0 Å². The molecule has 0 aromatic heterocycles. The van der Waals surface area contributed by atoms with Crippen LogP contribution in [0.4, 0.5) is 18.9 Å². The Balaban J connectivity index is 1.79. The first-order valence-electron chi connectivity index (χ1n) is 7.58. The number of hydrogen-bond acceptors (Lipinski definition) is 4. The molecule has 2 bridgehead atoms. The summed E-state index contributed by atoms with van der Waals surface area (Å²) in [6.45, 7) is 1.73. The third-order valence-electron chi connectivity index (χ3n) is 5.10. The fourth-order valence-corrected chi connectivity index (χ4v) is 6.54. The molecule has 3 heterocycles. The highest BCUT2D eigenvalue weighted by atomic mass is 32.2. The van der Waals surface area contributed by atoms with Gasteiger partial charge >= 0.3 is 6.18 Å². The second-order valence-electron chi connectivity index (χ2n) is 6.63. The number of nitriles is 1. The van der Waals surface area contributed by atoms with Crippen LogP contribution < -0.4 is 4.31 Å². The van der Waals surface area contributed by atoms with Gasteiger partial charge in [-0.15, -0.1) is 0 Å². The van der Waals surface area contributed by atoms with Crippen molar-refractivity contribution in [2.75, 3.05) is 10.8 Å². The molecular formula is C16H13F3N2O3S. The van der Waals surface area contributed by atoms with Gasteiger partial charge in [0.25, 0.3) is 0 Å². The molecule has 0 amide bonds. The van der Waals surface area contributed by atoms with Crippen molar-refractivity contribution in [3.8, 4) is 6.07 Å². The number of rotatable bonds is 1. The highest BCUT2D eigenvalue weighted by Crippen LogP contribution is 2.51. The third kappa shape index (κ3) is 2.14. The lowest BCUT2D eigenvalue weighted by Crippen LogP contribution is -2.42. The second kappa shape index (κ2) is 4.77. The van der Waals surface area contributed by atoms with Gasteiger partial charge in [0, 0.05) is 12.5 Å². The maximum absolute atomic E-state index is 13.2. The van der Waals surface area contributed by atoms with E-state index >= 15 is 0 Å². The average Bonchev–Trinajstić information content (AvgIpc) is 3.13. The number of halogens is 3. The van der Waals surface area contributed by atoms with E-state index in [-0.39, 0.29) is 24.3 Å². The molecule has 4 rings (SSSR count). The van der Waals surface area contributed by atoms with Crippen molar-refractivity contribution >= 4 is 15.7 Å². The SMILES string of the molecule is C[C@@]12C=C[C@H](O1)[C@@H]1CN(c3ccc(C#N)c(C(F)(F)F)c3)S(=O)(=O)[C@@H]12. The molecule has 3 aliphatic heterocycles. The molecule has 0 spiro atoms. The largest absolute Gasteiger partial charge is 0.417 e. The molecule has 0 radical (unpaired) electrons. The molecule has 0 unspecified atom stereocenters. The van der Waals surface area contributed by atoms with Gasteiger partial charge in [0.05, 0.1) is 29.0 Å². The molecule has 2 fully saturated rings. The smallest absolute Gasteiger partial charge is 0.362 e. The Bertz CT molecular complexity index is 935. The quantitative estimate of drug-likeness (QED) is 0.712. The van der Waals surface area contributed by atoms with Crippen LogP contribution in [0.1, 0.15) is 18.1 Å². The summed E-state index contributed by atoms with van der Waals surface area (Å²) in [4.78, 5) is 0. The van der Waals surface area contributed by atoms with Crippen molar-refractivity contribution in [1.29, 1.82) is 5.26 Å². The number of ether oxygens (including phenoxy) is 1. The minimum atomic E-state index is -4.74. The van der Waals surface area contributed by atoms with Crippen LogP contribution in [0.3, 0.4) is 0 Å². The molecule has 25 heavy (non-hydrogen) atoms. The Kier molecular flexibility index (Phi) is 3.13. The predicted molar refractivity (Wildman–Crippen MR) is 82.1 cm³/mol. The van der Waals surface area contributed by atoms with E-state index < -0.39 is 38.2 Å². The minimum Gasteiger partial charge on any atom is -0.362 e. The summed E-state index contributed by atoms with van der Waals surface area (Å²) in [6, 6.07) is 4.47. The lowest BCUT2D eigenvalue weighted by Gasteiger charge is -2.27. The van der Waals surface area contributed by atoms with Crippen molar-refractivity contribution < 1.29 is 26.3 Å². The van der Waals surface area contributed by atoms with Gasteiger partial charge < -0.3 is 4.74 Å². The fraction of sp³-hybridized carbons (Fsp3) is 0.438. The molecule has 132 valence electrons. The zero-order valence-corrected chi connectivity index (χ0v) is 13.8. The molecule has 9 heteroatoms. The monoisotopic (exact) mass is 370 g/mol. The van der Waals surface area contributed by atoms with E-state index in [1.807, 2.05) is 0 Å². The van der Waals surface area contributed by atoms with E-state index in [0.29, 0.717) is 0 Å². The molecule has 1 aromatic carbocycles. The van der Waals surface area contributed by atoms with Crippen LogP contribution in [0.5, 0.6) is 0 Å². The maximum Gasteiger partial charge on any atom is 0.417 e. The van der Waals surface area contributed by atoms with Gasteiger partial charge in [-0.05, 0) is 25.1 Å². The van der Waals surface area contributed by atoms with Crippen molar-refractivity contribution in [3.05, 3.63) is 41.5 Å². The molecule has 4 atom stereocenters. The van der Waals surface area contributed by atoms with Gasteiger partial charge in [0.15, 0.2) is 0 Å². The van der Waals surface area contributed by atoms with Crippen LogP contribution in [-0.2, 0) is 20.9 Å². The lowest BCUT2D eigenvalue weighted by atomic mass is 9.87. The zero-order chi connectivity index (χ0) is 18.2. The molecule has 0 N–H and O–H groups in total. The van der Waals surface area contributed by atoms with Crippen molar-refractivity contribution in [2.45, 2.75) is 30.1 Å². The molecule has 3 aliphatic rings. The topological polar surface area (TPSA) is 70.4 Å². The van der Waals surface area contributed by atoms with Crippen LogP contribution in [0, 0.1) is 17.2 Å². The van der Waals surface area contributed by atoms with Crippen LogP contribution in [0.25, 0.3) is 0 Å². The van der Waals surface area contributed by atoms with E-state index in [0.717, 1.165) is 16.4 Å². The van der Waals surface area contributed by atoms with E-state index in [2.05, 4.69) is 0 Å². The van der Waals surface area contributed by atoms with Gasteiger partial charge in [-0.2, -0.15) is 18.4 Å². The summed E-state index contributed by atoms with van der Waals surface area (Å²) < 4.78 is 72.2. The second-order valence-corrected chi connectivity index (χ2v) is 8.60. The first-order chi connectivity index (χ1) is 11.6. The van der Waals surface area contributed by atoms with Crippen molar-refractivity contribution in [2.24, 2.45) is 5.92 Å². The Morgan fingerprint density at radius 2 is 2.12 bits per heavy atom. The van der Waals surface area contributed by atoms with Crippen molar-refractivity contribution in [3.63, 3.8) is 0 Å². The lowest BCUT2D eigenvalue weighted by molar-refractivity contribution is -0.137. The molecule has 0 saturated carbocycles. The van der Waals surface area contributed by atoms with Crippen LogP contribution >= 0.6 is 0 Å². The average molecular weight is 370 g/mol. The van der Waals surface area contributed by atoms with Gasteiger partial charge in [-0.25, -0.2) is 8.42 Å². The molecule has 0 aliphatic carbocycles. The number of alkyl halides is 3. The summed E-state index contributed by atoms with van der Waals surface area (Å²) >= 11 is 0. The van der Waals surface area contributed by atoms with Crippen molar-refractivity contribution in [1.82, 2.24) is 0 Å². The van der Waals surface area contributed by atoms with E-state index in [9.17, 15) is 21.6 Å². The fourth-order valence-electron chi connectivity index (χ4n) is 4.07. The molecule has 2 saturated heterocycles. The Morgan fingerprint density at radius 3 is 2.72 bits per heavy atom. The minimum absolute atomic E-state index is 0.0563. The number of hydrogen-bond donors (Lipinski definition) is 0. The van der Waals surface area contributed by atoms with E-state index in [4.69, 9.17) is 10.00 Å². The van der Waals surface area contributed by atoms with E-state index in [1.165, 1.54) is 12.1 Å². The number of nitrogens with zero attached hydrogens (tertiary/aromatic N) is 2. The zero-order valence-electron chi connectivity index (χ0n) is 13.0. The van der Waals surface area contributed by atoms with Crippen LogP contribution in [-0.4, -0.2) is 31.9 Å². The van der Waals surface area contributed by atoms with Gasteiger partial charge in [0.1, 0.15) is 10.9 Å². The summed E-state index contributed by atoms with van der Waals surface area (Å²) in [5, 5.41) is 8.06. The summed E-state index contributed by atoms with van der Waals surface area (Å²) in [6.07, 6.45) is -1.58. The molecule has 1 aromatic rings. The maximum atomic E-state index is 13.2. The Hall–Kier alpha value is -2.05. The summed E-state index contributed by atoms with van der Waals surface area (Å²) in [5.41, 5.74) is -2.71. The summed E-state index contributed by atoms with van der Waals surface area (Å²) in [5.74, 6) is -0.329. The van der Waals surface area contributed by atoms with Crippen LogP contribution in [0.15, 0.2) is 30.4 Å². The number of anilines is 1. The first kappa shape index (κ1) is 16.4. The number of sulfonamides is 1.